The molecule has 0 bridgehead atoms. The number of hydrogen-bond acceptors (Lipinski definition) is 2. The molecule has 0 spiro atoms. The highest BCUT2D eigenvalue weighted by Crippen LogP contribution is 2.21. The van der Waals surface area contributed by atoms with Gasteiger partial charge in [-0.15, -0.1) is 0 Å². The molecule has 0 saturated carbocycles. The molecule has 1 aromatic rings. The van der Waals surface area contributed by atoms with E-state index in [1.807, 2.05) is 0 Å². The van der Waals surface area contributed by atoms with E-state index in [4.69, 9.17) is 5.11 Å². The largest absolute Gasteiger partial charge is 0.481 e. The summed E-state index contributed by atoms with van der Waals surface area (Å²) >= 11 is 0. The average molecular weight is 279 g/mol. The maximum absolute atomic E-state index is 12.6. The summed E-state index contributed by atoms with van der Waals surface area (Å²) in [7, 11) is 0. The van der Waals surface area contributed by atoms with Crippen LogP contribution in [0.15, 0.2) is 24.3 Å². The molecule has 0 fully saturated rings. The van der Waals surface area contributed by atoms with Gasteiger partial charge in [0.25, 0.3) is 0 Å². The zero-order valence-electron chi connectivity index (χ0n) is 9.88. The highest BCUT2D eigenvalue weighted by atomic mass is 19.3. The van der Waals surface area contributed by atoms with Gasteiger partial charge in [-0.3, -0.25) is 4.79 Å². The monoisotopic (exact) mass is 279 g/mol. The van der Waals surface area contributed by atoms with E-state index in [-0.39, 0.29) is 13.0 Å². The molecule has 0 amide bonds. The Kier molecular flexibility index (Phi) is 5.29. The van der Waals surface area contributed by atoms with E-state index >= 15 is 0 Å². The number of carbonyl (C=O) groups is 1. The molecule has 2 N–H and O–H groups in total. The van der Waals surface area contributed by atoms with E-state index in [1.54, 1.807) is 24.3 Å². The third-order valence-electron chi connectivity index (χ3n) is 2.39. The zero-order valence-corrected chi connectivity index (χ0v) is 9.88. The van der Waals surface area contributed by atoms with E-state index in [2.05, 4.69) is 5.32 Å². The lowest BCUT2D eigenvalue weighted by molar-refractivity contribution is -0.136. The molecule has 0 radical (unpaired) electrons. The Labute approximate surface area is 107 Å². The van der Waals surface area contributed by atoms with Crippen molar-refractivity contribution in [3.63, 3.8) is 0 Å². The number of carboxylic acids is 1. The molecule has 1 rings (SSSR count). The van der Waals surface area contributed by atoms with Crippen molar-refractivity contribution < 1.29 is 27.5 Å². The fourth-order valence-electron chi connectivity index (χ4n) is 1.40. The van der Waals surface area contributed by atoms with E-state index in [1.165, 1.54) is 0 Å². The fourth-order valence-corrected chi connectivity index (χ4v) is 1.40. The second-order valence-electron chi connectivity index (χ2n) is 4.05. The third-order valence-corrected chi connectivity index (χ3v) is 2.39. The number of nitrogens with one attached hydrogen (secondary N) is 1. The summed E-state index contributed by atoms with van der Waals surface area (Å²) in [5.74, 6) is -5.02. The minimum absolute atomic E-state index is 0.00958. The van der Waals surface area contributed by atoms with Gasteiger partial charge in [-0.25, -0.2) is 8.78 Å². The zero-order chi connectivity index (χ0) is 14.5. The topological polar surface area (TPSA) is 49.3 Å². The molecule has 0 heterocycles. The van der Waals surface area contributed by atoms with Gasteiger partial charge < -0.3 is 10.4 Å². The molecule has 0 aliphatic heterocycles. The second kappa shape index (κ2) is 6.51. The Morgan fingerprint density at radius 3 is 2.21 bits per heavy atom. The molecule has 1 aromatic carbocycles. The van der Waals surface area contributed by atoms with Crippen LogP contribution in [0.5, 0.6) is 0 Å². The normalized spacial score (nSPS) is 11.8. The standard InChI is InChI=1S/C12H13F4NO2/c13-11(14)12(15,16)7-17-6-9-3-1-8(2-4-9)5-10(18)19/h1-4,11,17H,5-7H2,(H,18,19). The molecular formula is C12H13F4NO2. The highest BCUT2D eigenvalue weighted by Gasteiger charge is 2.39. The van der Waals surface area contributed by atoms with Crippen molar-refractivity contribution in [3.8, 4) is 0 Å². The Morgan fingerprint density at radius 2 is 1.74 bits per heavy atom. The third kappa shape index (κ3) is 5.25. The SMILES string of the molecule is O=C(O)Cc1ccc(CNCC(F)(F)C(F)F)cc1. The number of benzene rings is 1. The summed E-state index contributed by atoms with van der Waals surface area (Å²) in [6, 6.07) is 6.23. The first-order valence-electron chi connectivity index (χ1n) is 5.47. The number of rotatable bonds is 7. The molecule has 7 heteroatoms. The van der Waals surface area contributed by atoms with Gasteiger partial charge in [0.05, 0.1) is 13.0 Å². The number of aliphatic carboxylic acids is 1. The first-order valence-corrected chi connectivity index (χ1v) is 5.47. The molecule has 0 aliphatic rings. The van der Waals surface area contributed by atoms with E-state index in [0.29, 0.717) is 11.1 Å². The van der Waals surface area contributed by atoms with Crippen LogP contribution in [0.2, 0.25) is 0 Å². The highest BCUT2D eigenvalue weighted by molar-refractivity contribution is 5.70. The van der Waals surface area contributed by atoms with E-state index in [9.17, 15) is 22.4 Å². The van der Waals surface area contributed by atoms with Crippen LogP contribution in [0.1, 0.15) is 11.1 Å². The summed E-state index contributed by atoms with van der Waals surface area (Å²) in [6.45, 7) is -1.10. The van der Waals surface area contributed by atoms with Crippen molar-refractivity contribution in [2.45, 2.75) is 25.3 Å². The molecule has 106 valence electrons. The predicted octanol–water partition coefficient (Wildman–Crippen LogP) is 2.30. The first-order chi connectivity index (χ1) is 8.81. The van der Waals surface area contributed by atoms with Gasteiger partial charge in [-0.1, -0.05) is 24.3 Å². The van der Waals surface area contributed by atoms with Gasteiger partial charge in [0.2, 0.25) is 0 Å². The number of halogens is 4. The van der Waals surface area contributed by atoms with Crippen molar-refractivity contribution >= 4 is 5.97 Å². The van der Waals surface area contributed by atoms with Crippen molar-refractivity contribution in [2.75, 3.05) is 6.54 Å². The van der Waals surface area contributed by atoms with Crippen molar-refractivity contribution in [1.29, 1.82) is 0 Å². The number of carboxylic acid groups (broad SMARTS) is 1. The molecular weight excluding hydrogens is 266 g/mol. The molecule has 3 nitrogen and oxygen atoms in total. The molecule has 0 aliphatic carbocycles. The van der Waals surface area contributed by atoms with Gasteiger partial charge >= 0.3 is 18.3 Å². The summed E-state index contributed by atoms with van der Waals surface area (Å²) < 4.78 is 48.9. The quantitative estimate of drug-likeness (QED) is 0.753. The first kappa shape index (κ1) is 15.4. The maximum Gasteiger partial charge on any atom is 0.319 e. The fraction of sp³-hybridized carbons (Fsp3) is 0.417. The van der Waals surface area contributed by atoms with Gasteiger partial charge in [0.1, 0.15) is 0 Å². The van der Waals surface area contributed by atoms with Gasteiger partial charge in [0.15, 0.2) is 0 Å². The van der Waals surface area contributed by atoms with Crippen molar-refractivity contribution in [2.24, 2.45) is 0 Å². The van der Waals surface area contributed by atoms with Crippen LogP contribution in [-0.2, 0) is 17.8 Å². The Bertz CT molecular complexity index is 420. The average Bonchev–Trinajstić information content (AvgIpc) is 2.30. The smallest absolute Gasteiger partial charge is 0.319 e. The summed E-state index contributed by atoms with van der Waals surface area (Å²) in [5.41, 5.74) is 1.19. The van der Waals surface area contributed by atoms with Crippen LogP contribution in [0.25, 0.3) is 0 Å². The van der Waals surface area contributed by atoms with Crippen LogP contribution in [0.4, 0.5) is 17.6 Å². The summed E-state index contributed by atoms with van der Waals surface area (Å²) in [5, 5.41) is 10.8. The van der Waals surface area contributed by atoms with Crippen LogP contribution in [0, 0.1) is 0 Å². The predicted molar refractivity (Wildman–Crippen MR) is 60.4 cm³/mol. The second-order valence-corrected chi connectivity index (χ2v) is 4.05. The van der Waals surface area contributed by atoms with Crippen LogP contribution < -0.4 is 5.32 Å². The van der Waals surface area contributed by atoms with E-state index < -0.39 is 24.9 Å². The van der Waals surface area contributed by atoms with Crippen molar-refractivity contribution in [3.05, 3.63) is 35.4 Å². The summed E-state index contributed by atoms with van der Waals surface area (Å²) in [6.07, 6.45) is -3.82. The van der Waals surface area contributed by atoms with Gasteiger partial charge in [-0.2, -0.15) is 8.78 Å². The Balaban J connectivity index is 2.44. The van der Waals surface area contributed by atoms with E-state index in [0.717, 1.165) is 0 Å². The van der Waals surface area contributed by atoms with Crippen LogP contribution in [0.3, 0.4) is 0 Å². The minimum atomic E-state index is -4.05. The van der Waals surface area contributed by atoms with Crippen LogP contribution >= 0.6 is 0 Å². The molecule has 0 aromatic heterocycles. The molecule has 0 atom stereocenters. The lowest BCUT2D eigenvalue weighted by atomic mass is 10.1. The lowest BCUT2D eigenvalue weighted by Crippen LogP contribution is -2.38. The van der Waals surface area contributed by atoms with Crippen LogP contribution in [-0.4, -0.2) is 30.0 Å². The number of alkyl halides is 4. The Morgan fingerprint density at radius 1 is 1.21 bits per heavy atom. The van der Waals surface area contributed by atoms with Crippen molar-refractivity contribution in [1.82, 2.24) is 5.32 Å². The molecule has 0 saturated heterocycles. The molecule has 0 unspecified atom stereocenters. The minimum Gasteiger partial charge on any atom is -0.481 e. The van der Waals surface area contributed by atoms with Gasteiger partial charge in [-0.05, 0) is 11.1 Å². The van der Waals surface area contributed by atoms with Gasteiger partial charge in [0, 0.05) is 6.54 Å². The number of hydrogen-bond donors (Lipinski definition) is 2. The lowest BCUT2D eigenvalue weighted by Gasteiger charge is -2.15. The maximum atomic E-state index is 12.6. The Hall–Kier alpha value is -1.63. The molecule has 19 heavy (non-hydrogen) atoms. The summed E-state index contributed by atoms with van der Waals surface area (Å²) in [4.78, 5) is 10.4.